The number of H-pyrrole nitrogens is 1. The van der Waals surface area contributed by atoms with Crippen LogP contribution in [0, 0.1) is 0 Å². The molecule has 0 aromatic carbocycles. The van der Waals surface area contributed by atoms with E-state index in [2.05, 4.69) is 31.5 Å². The lowest BCUT2D eigenvalue weighted by Gasteiger charge is -2.21. The van der Waals surface area contributed by atoms with Crippen molar-refractivity contribution in [3.63, 3.8) is 0 Å². The number of anilines is 1. The standard InChI is InChI=1S/C19H25N5O/c25-19(17-11-16(22-23-17)15-6-7-15)21-13-14-5-8-18(20-12-14)24-9-3-1-2-4-10-24/h5,8,11-12,15H,1-4,6-7,9-10,13H2,(H,21,25)(H,22,23). The summed E-state index contributed by atoms with van der Waals surface area (Å²) in [5.41, 5.74) is 2.55. The largest absolute Gasteiger partial charge is 0.357 e. The van der Waals surface area contributed by atoms with Crippen LogP contribution in [-0.4, -0.2) is 34.2 Å². The first-order chi connectivity index (χ1) is 12.3. The Morgan fingerprint density at radius 2 is 2.00 bits per heavy atom. The van der Waals surface area contributed by atoms with Gasteiger partial charge < -0.3 is 10.2 Å². The fraction of sp³-hybridized carbons (Fsp3) is 0.526. The van der Waals surface area contributed by atoms with Crippen LogP contribution in [0.1, 0.15) is 66.2 Å². The molecule has 1 aliphatic carbocycles. The molecule has 2 aromatic rings. The molecule has 0 spiro atoms. The van der Waals surface area contributed by atoms with E-state index in [4.69, 9.17) is 0 Å². The molecule has 0 bridgehead atoms. The summed E-state index contributed by atoms with van der Waals surface area (Å²) in [6.45, 7) is 2.65. The SMILES string of the molecule is O=C(NCc1ccc(N2CCCCCC2)nc1)c1cc(C2CC2)[nH]n1. The summed E-state index contributed by atoms with van der Waals surface area (Å²) in [4.78, 5) is 19.1. The Balaban J connectivity index is 1.32. The van der Waals surface area contributed by atoms with E-state index in [1.807, 2.05) is 18.3 Å². The third kappa shape index (κ3) is 4.00. The van der Waals surface area contributed by atoms with Gasteiger partial charge in [-0.25, -0.2) is 4.98 Å². The minimum Gasteiger partial charge on any atom is -0.357 e. The van der Waals surface area contributed by atoms with Crippen molar-refractivity contribution in [2.75, 3.05) is 18.0 Å². The predicted molar refractivity (Wildman–Crippen MR) is 96.7 cm³/mol. The molecule has 1 amide bonds. The number of hydrogen-bond donors (Lipinski definition) is 2. The molecule has 6 nitrogen and oxygen atoms in total. The van der Waals surface area contributed by atoms with E-state index in [1.165, 1.54) is 38.5 Å². The Morgan fingerprint density at radius 1 is 1.20 bits per heavy atom. The summed E-state index contributed by atoms with van der Waals surface area (Å²) in [6, 6.07) is 5.98. The van der Waals surface area contributed by atoms with Crippen LogP contribution in [0.15, 0.2) is 24.4 Å². The zero-order valence-corrected chi connectivity index (χ0v) is 14.5. The Kier molecular flexibility index (Phi) is 4.68. The molecule has 0 atom stereocenters. The average molecular weight is 339 g/mol. The fourth-order valence-electron chi connectivity index (χ4n) is 3.34. The van der Waals surface area contributed by atoms with E-state index in [0.717, 1.165) is 30.2 Å². The lowest BCUT2D eigenvalue weighted by Crippen LogP contribution is -2.25. The van der Waals surface area contributed by atoms with Crippen molar-refractivity contribution in [1.29, 1.82) is 0 Å². The molecule has 1 saturated heterocycles. The van der Waals surface area contributed by atoms with Gasteiger partial charge in [-0.15, -0.1) is 0 Å². The van der Waals surface area contributed by atoms with Crippen molar-refractivity contribution in [3.05, 3.63) is 41.3 Å². The van der Waals surface area contributed by atoms with Gasteiger partial charge in [-0.05, 0) is 43.4 Å². The first-order valence-corrected chi connectivity index (χ1v) is 9.33. The van der Waals surface area contributed by atoms with Crippen LogP contribution < -0.4 is 10.2 Å². The third-order valence-electron chi connectivity index (χ3n) is 5.04. The summed E-state index contributed by atoms with van der Waals surface area (Å²) in [6.07, 6.45) is 9.36. The number of carbonyl (C=O) groups excluding carboxylic acids is 1. The van der Waals surface area contributed by atoms with Crippen molar-refractivity contribution >= 4 is 11.7 Å². The van der Waals surface area contributed by atoms with E-state index < -0.39 is 0 Å². The third-order valence-corrected chi connectivity index (χ3v) is 5.04. The maximum Gasteiger partial charge on any atom is 0.272 e. The minimum atomic E-state index is -0.139. The Hall–Kier alpha value is -2.37. The number of aromatic nitrogens is 3. The second-order valence-electron chi connectivity index (χ2n) is 7.09. The van der Waals surface area contributed by atoms with Gasteiger partial charge in [0.05, 0.1) is 0 Å². The van der Waals surface area contributed by atoms with Gasteiger partial charge in [-0.3, -0.25) is 9.89 Å². The lowest BCUT2D eigenvalue weighted by molar-refractivity contribution is 0.0946. The monoisotopic (exact) mass is 339 g/mol. The van der Waals surface area contributed by atoms with E-state index in [1.54, 1.807) is 0 Å². The highest BCUT2D eigenvalue weighted by atomic mass is 16.1. The summed E-state index contributed by atoms with van der Waals surface area (Å²) < 4.78 is 0. The van der Waals surface area contributed by atoms with Gasteiger partial charge >= 0.3 is 0 Å². The molecule has 1 aliphatic heterocycles. The second kappa shape index (κ2) is 7.25. The van der Waals surface area contributed by atoms with Gasteiger partial charge in [0.2, 0.25) is 0 Å². The molecule has 2 fully saturated rings. The zero-order chi connectivity index (χ0) is 17.1. The molecular formula is C19H25N5O. The molecule has 2 aromatic heterocycles. The number of amides is 1. The maximum absolute atomic E-state index is 12.2. The van der Waals surface area contributed by atoms with Crippen molar-refractivity contribution in [2.24, 2.45) is 0 Å². The van der Waals surface area contributed by atoms with Crippen molar-refractivity contribution in [2.45, 2.75) is 51.0 Å². The van der Waals surface area contributed by atoms with E-state index in [-0.39, 0.29) is 5.91 Å². The van der Waals surface area contributed by atoms with Crippen molar-refractivity contribution in [1.82, 2.24) is 20.5 Å². The number of aromatic amines is 1. The van der Waals surface area contributed by atoms with Gasteiger partial charge in [0, 0.05) is 37.4 Å². The summed E-state index contributed by atoms with van der Waals surface area (Å²) in [7, 11) is 0. The Morgan fingerprint density at radius 3 is 2.68 bits per heavy atom. The first kappa shape index (κ1) is 16.1. The second-order valence-corrected chi connectivity index (χ2v) is 7.09. The van der Waals surface area contributed by atoms with Crippen LogP contribution in [0.2, 0.25) is 0 Å². The number of hydrogen-bond acceptors (Lipinski definition) is 4. The molecule has 2 aliphatic rings. The number of nitrogens with zero attached hydrogens (tertiary/aromatic N) is 3. The van der Waals surface area contributed by atoms with Crippen LogP contribution in [0.3, 0.4) is 0 Å². The summed E-state index contributed by atoms with van der Waals surface area (Å²) in [5.74, 6) is 1.47. The van der Waals surface area contributed by atoms with Gasteiger partial charge in [-0.2, -0.15) is 5.10 Å². The van der Waals surface area contributed by atoms with E-state index in [9.17, 15) is 4.79 Å². The smallest absolute Gasteiger partial charge is 0.272 e. The number of pyridine rings is 1. The fourth-order valence-corrected chi connectivity index (χ4v) is 3.34. The normalized spacial score (nSPS) is 18.0. The molecule has 0 unspecified atom stereocenters. The van der Waals surface area contributed by atoms with Crippen molar-refractivity contribution < 1.29 is 4.79 Å². The van der Waals surface area contributed by atoms with Gasteiger partial charge in [0.1, 0.15) is 11.5 Å². The molecular weight excluding hydrogens is 314 g/mol. The Labute approximate surface area is 148 Å². The molecule has 1 saturated carbocycles. The predicted octanol–water partition coefficient (Wildman–Crippen LogP) is 2.99. The van der Waals surface area contributed by atoms with E-state index in [0.29, 0.717) is 18.2 Å². The van der Waals surface area contributed by atoms with Gasteiger partial charge in [0.15, 0.2) is 0 Å². The van der Waals surface area contributed by atoms with E-state index >= 15 is 0 Å². The molecule has 25 heavy (non-hydrogen) atoms. The molecule has 132 valence electrons. The van der Waals surface area contributed by atoms with Crippen LogP contribution in [0.25, 0.3) is 0 Å². The number of nitrogens with one attached hydrogen (secondary N) is 2. The van der Waals surface area contributed by atoms with Gasteiger partial charge in [-0.1, -0.05) is 18.9 Å². The van der Waals surface area contributed by atoms with Crippen LogP contribution in [0.5, 0.6) is 0 Å². The average Bonchev–Trinajstić information content (AvgIpc) is 3.43. The summed E-state index contributed by atoms with van der Waals surface area (Å²) >= 11 is 0. The first-order valence-electron chi connectivity index (χ1n) is 9.33. The minimum absolute atomic E-state index is 0.139. The quantitative estimate of drug-likeness (QED) is 0.878. The van der Waals surface area contributed by atoms with Crippen LogP contribution in [0.4, 0.5) is 5.82 Å². The summed E-state index contributed by atoms with van der Waals surface area (Å²) in [5, 5.41) is 10.0. The van der Waals surface area contributed by atoms with Crippen LogP contribution >= 0.6 is 0 Å². The van der Waals surface area contributed by atoms with Crippen molar-refractivity contribution in [3.8, 4) is 0 Å². The zero-order valence-electron chi connectivity index (χ0n) is 14.5. The van der Waals surface area contributed by atoms with Gasteiger partial charge in [0.25, 0.3) is 5.91 Å². The number of rotatable bonds is 5. The lowest BCUT2D eigenvalue weighted by atomic mass is 10.2. The highest BCUT2D eigenvalue weighted by Crippen LogP contribution is 2.38. The molecule has 6 heteroatoms. The topological polar surface area (TPSA) is 73.9 Å². The number of carbonyl (C=O) groups is 1. The molecule has 4 rings (SSSR count). The highest BCUT2D eigenvalue weighted by Gasteiger charge is 2.26. The maximum atomic E-state index is 12.2. The molecule has 0 radical (unpaired) electrons. The van der Waals surface area contributed by atoms with Crippen LogP contribution in [-0.2, 0) is 6.54 Å². The highest BCUT2D eigenvalue weighted by molar-refractivity contribution is 5.92. The molecule has 2 N–H and O–H groups in total. The Bertz CT molecular complexity index is 712. The molecule has 3 heterocycles.